The average molecular weight is 296 g/mol. The molecule has 122 valence electrons. The van der Waals surface area contributed by atoms with Crippen molar-refractivity contribution in [2.24, 2.45) is 5.41 Å². The zero-order valence-electron chi connectivity index (χ0n) is 13.7. The van der Waals surface area contributed by atoms with E-state index >= 15 is 0 Å². The van der Waals surface area contributed by atoms with Crippen LogP contribution in [0.5, 0.6) is 0 Å². The Kier molecular flexibility index (Phi) is 6.49. The predicted molar refractivity (Wildman–Crippen MR) is 85.3 cm³/mol. The van der Waals surface area contributed by atoms with Crippen molar-refractivity contribution in [2.75, 3.05) is 19.6 Å². The van der Waals surface area contributed by atoms with Gasteiger partial charge in [-0.25, -0.2) is 0 Å². The maximum atomic E-state index is 12.2. The fourth-order valence-corrected chi connectivity index (χ4v) is 3.38. The van der Waals surface area contributed by atoms with E-state index in [9.17, 15) is 4.79 Å². The Labute approximate surface area is 129 Å². The van der Waals surface area contributed by atoms with Crippen LogP contribution in [0.15, 0.2) is 0 Å². The minimum atomic E-state index is -0.321. The van der Waals surface area contributed by atoms with Gasteiger partial charge in [0, 0.05) is 6.54 Å². The molecule has 1 aliphatic heterocycles. The first-order valence-electron chi connectivity index (χ1n) is 8.73. The van der Waals surface area contributed by atoms with Crippen molar-refractivity contribution >= 4 is 5.91 Å². The second-order valence-electron chi connectivity index (χ2n) is 7.17. The zero-order valence-corrected chi connectivity index (χ0v) is 13.7. The fourth-order valence-electron chi connectivity index (χ4n) is 3.38. The van der Waals surface area contributed by atoms with Crippen molar-refractivity contribution in [3.05, 3.63) is 0 Å². The Hall–Kier alpha value is -0.610. The molecule has 0 bridgehead atoms. The molecule has 0 aromatic heterocycles. The summed E-state index contributed by atoms with van der Waals surface area (Å²) in [6.07, 6.45) is 9.55. The molecule has 0 aromatic rings. The van der Waals surface area contributed by atoms with Crippen molar-refractivity contribution in [1.29, 1.82) is 0 Å². The van der Waals surface area contributed by atoms with E-state index in [0.29, 0.717) is 0 Å². The van der Waals surface area contributed by atoms with Crippen LogP contribution >= 0.6 is 0 Å². The van der Waals surface area contributed by atoms with Crippen molar-refractivity contribution in [3.63, 3.8) is 0 Å². The van der Waals surface area contributed by atoms with Gasteiger partial charge in [0.15, 0.2) is 0 Å². The lowest BCUT2D eigenvalue weighted by molar-refractivity contribution is -0.136. The molecule has 1 atom stereocenters. The summed E-state index contributed by atoms with van der Waals surface area (Å²) in [5.74, 6) is 0.0546. The predicted octanol–water partition coefficient (Wildman–Crippen LogP) is 2.62. The molecular weight excluding hydrogens is 264 g/mol. The normalized spacial score (nSPS) is 25.0. The Bertz CT molecular complexity index is 319. The topological polar surface area (TPSA) is 50.4 Å². The highest BCUT2D eigenvalue weighted by atomic mass is 16.5. The third-order valence-electron chi connectivity index (χ3n) is 5.07. The lowest BCUT2D eigenvalue weighted by Crippen LogP contribution is -2.45. The van der Waals surface area contributed by atoms with E-state index in [1.54, 1.807) is 0 Å². The molecule has 2 N–H and O–H groups in total. The van der Waals surface area contributed by atoms with Crippen LogP contribution < -0.4 is 10.6 Å². The number of amides is 1. The summed E-state index contributed by atoms with van der Waals surface area (Å²) >= 11 is 0. The number of nitrogens with one attached hydrogen (secondary N) is 2. The molecule has 2 aliphatic rings. The van der Waals surface area contributed by atoms with Gasteiger partial charge >= 0.3 is 0 Å². The van der Waals surface area contributed by atoms with Gasteiger partial charge in [-0.05, 0) is 51.1 Å². The van der Waals surface area contributed by atoms with Gasteiger partial charge in [-0.1, -0.05) is 32.6 Å². The monoisotopic (exact) mass is 296 g/mol. The maximum Gasteiger partial charge on any atom is 0.248 e. The van der Waals surface area contributed by atoms with Crippen molar-refractivity contribution < 1.29 is 9.53 Å². The molecule has 1 heterocycles. The summed E-state index contributed by atoms with van der Waals surface area (Å²) in [4.78, 5) is 12.2. The molecule has 1 saturated carbocycles. The van der Waals surface area contributed by atoms with Crippen LogP contribution in [0.3, 0.4) is 0 Å². The largest absolute Gasteiger partial charge is 0.365 e. The number of hydrogen-bond acceptors (Lipinski definition) is 3. The second kappa shape index (κ2) is 8.14. The molecule has 2 fully saturated rings. The zero-order chi connectivity index (χ0) is 15.1. The maximum absolute atomic E-state index is 12.2. The van der Waals surface area contributed by atoms with Crippen molar-refractivity contribution in [1.82, 2.24) is 10.6 Å². The molecule has 21 heavy (non-hydrogen) atoms. The third kappa shape index (κ3) is 5.59. The Morgan fingerprint density at radius 1 is 1.24 bits per heavy atom. The molecule has 2 rings (SSSR count). The number of ether oxygens (including phenoxy) is 1. The molecule has 0 radical (unpaired) electrons. The summed E-state index contributed by atoms with van der Waals surface area (Å²) in [6, 6.07) is 0. The number of carbonyl (C=O) groups is 1. The first kappa shape index (κ1) is 16.8. The van der Waals surface area contributed by atoms with Gasteiger partial charge in [-0.3, -0.25) is 4.79 Å². The molecule has 0 aromatic carbocycles. The van der Waals surface area contributed by atoms with E-state index in [4.69, 9.17) is 4.74 Å². The number of rotatable bonds is 5. The summed E-state index contributed by atoms with van der Waals surface area (Å²) in [6.45, 7) is 7.04. The van der Waals surface area contributed by atoms with E-state index in [0.717, 1.165) is 45.3 Å². The van der Waals surface area contributed by atoms with E-state index < -0.39 is 0 Å². The lowest BCUT2D eigenvalue weighted by atomic mass is 9.81. The summed E-state index contributed by atoms with van der Waals surface area (Å²) in [7, 11) is 0. The van der Waals surface area contributed by atoms with Crippen LogP contribution in [0.1, 0.15) is 65.2 Å². The van der Waals surface area contributed by atoms with E-state index in [1.165, 1.54) is 25.7 Å². The third-order valence-corrected chi connectivity index (χ3v) is 5.07. The van der Waals surface area contributed by atoms with Crippen LogP contribution in [-0.2, 0) is 9.53 Å². The minimum absolute atomic E-state index is 0.0546. The smallest absolute Gasteiger partial charge is 0.248 e. The molecular formula is C17H32N2O2. The molecule has 0 spiro atoms. The van der Waals surface area contributed by atoms with Gasteiger partial charge in [0.2, 0.25) is 5.91 Å². The van der Waals surface area contributed by atoms with Gasteiger partial charge in [-0.15, -0.1) is 0 Å². The molecule has 1 aliphatic carbocycles. The van der Waals surface area contributed by atoms with Crippen LogP contribution in [0, 0.1) is 5.41 Å². The SMILES string of the molecule is CC(OC1CCCCCC1)C(=O)NCC1(C)CCNCC1. The van der Waals surface area contributed by atoms with E-state index in [-0.39, 0.29) is 23.5 Å². The quantitative estimate of drug-likeness (QED) is 0.767. The van der Waals surface area contributed by atoms with E-state index in [2.05, 4.69) is 17.6 Å². The van der Waals surface area contributed by atoms with Gasteiger partial charge in [0.05, 0.1) is 6.10 Å². The molecule has 4 heteroatoms. The number of piperidine rings is 1. The summed E-state index contributed by atoms with van der Waals surface area (Å²) in [5, 5.41) is 6.48. The molecule has 1 amide bonds. The van der Waals surface area contributed by atoms with Gasteiger partial charge in [0.1, 0.15) is 6.10 Å². The van der Waals surface area contributed by atoms with Crippen molar-refractivity contribution in [2.45, 2.75) is 77.4 Å². The standard InChI is InChI=1S/C17H32N2O2/c1-14(21-15-7-5-3-4-6-8-15)16(20)19-13-17(2)9-11-18-12-10-17/h14-15,18H,3-13H2,1-2H3,(H,19,20). The first-order valence-corrected chi connectivity index (χ1v) is 8.73. The Morgan fingerprint density at radius 2 is 1.86 bits per heavy atom. The highest BCUT2D eigenvalue weighted by molar-refractivity contribution is 5.80. The minimum Gasteiger partial charge on any atom is -0.365 e. The van der Waals surface area contributed by atoms with Crippen LogP contribution in [0.2, 0.25) is 0 Å². The first-order chi connectivity index (χ1) is 10.1. The number of hydrogen-bond donors (Lipinski definition) is 2. The van der Waals surface area contributed by atoms with Crippen molar-refractivity contribution in [3.8, 4) is 0 Å². The lowest BCUT2D eigenvalue weighted by Gasteiger charge is -2.34. The highest BCUT2D eigenvalue weighted by Crippen LogP contribution is 2.27. The Balaban J connectivity index is 1.71. The number of carbonyl (C=O) groups excluding carboxylic acids is 1. The van der Waals surface area contributed by atoms with Crippen LogP contribution in [0.25, 0.3) is 0 Å². The van der Waals surface area contributed by atoms with Gasteiger partial charge < -0.3 is 15.4 Å². The average Bonchev–Trinajstić information content (AvgIpc) is 2.74. The summed E-state index contributed by atoms with van der Waals surface area (Å²) in [5.41, 5.74) is 0.239. The highest BCUT2D eigenvalue weighted by Gasteiger charge is 2.28. The van der Waals surface area contributed by atoms with Gasteiger partial charge in [0.25, 0.3) is 0 Å². The van der Waals surface area contributed by atoms with Gasteiger partial charge in [-0.2, -0.15) is 0 Å². The van der Waals surface area contributed by atoms with E-state index in [1.807, 2.05) is 6.92 Å². The molecule has 4 nitrogen and oxygen atoms in total. The molecule has 1 saturated heterocycles. The molecule has 1 unspecified atom stereocenters. The van der Waals surface area contributed by atoms with Crippen LogP contribution in [-0.4, -0.2) is 37.7 Å². The summed E-state index contributed by atoms with van der Waals surface area (Å²) < 4.78 is 5.98. The Morgan fingerprint density at radius 3 is 2.48 bits per heavy atom. The second-order valence-corrected chi connectivity index (χ2v) is 7.17. The fraction of sp³-hybridized carbons (Fsp3) is 0.941. The van der Waals surface area contributed by atoms with Crippen LogP contribution in [0.4, 0.5) is 0 Å².